The molecule has 3 heteroatoms. The summed E-state index contributed by atoms with van der Waals surface area (Å²) in [4.78, 5) is 5.10. The zero-order chi connectivity index (χ0) is 13.8. The van der Waals surface area contributed by atoms with E-state index in [0.29, 0.717) is 5.41 Å². The van der Waals surface area contributed by atoms with Crippen molar-refractivity contribution < 1.29 is 4.74 Å². The Morgan fingerprint density at radius 1 is 0.833 bits per heavy atom. The Morgan fingerprint density at radius 2 is 1.33 bits per heavy atom. The Balaban J connectivity index is 2.16. The Morgan fingerprint density at radius 3 is 1.78 bits per heavy atom. The molecule has 0 spiro atoms. The molecule has 0 amide bonds. The lowest BCUT2D eigenvalue weighted by atomic mass is 9.96. The van der Waals surface area contributed by atoms with E-state index in [9.17, 15) is 0 Å². The Kier molecular flexibility index (Phi) is 5.63. The molecule has 0 unspecified atom stereocenters. The largest absolute Gasteiger partial charge is 0.375 e. The SMILES string of the molecule is CC(C)(C)CN1CCN(CCOC(C)(C)C)CC1. The van der Waals surface area contributed by atoms with Crippen molar-refractivity contribution in [3.05, 3.63) is 0 Å². The van der Waals surface area contributed by atoms with Crippen LogP contribution in [0.15, 0.2) is 0 Å². The molecule has 1 aliphatic heterocycles. The van der Waals surface area contributed by atoms with Crippen LogP contribution in [0.25, 0.3) is 0 Å². The highest BCUT2D eigenvalue weighted by Crippen LogP contribution is 2.16. The Hall–Kier alpha value is -0.120. The van der Waals surface area contributed by atoms with Crippen LogP contribution < -0.4 is 0 Å². The second-order valence-electron chi connectivity index (χ2n) is 7.64. The van der Waals surface area contributed by atoms with Gasteiger partial charge in [0.25, 0.3) is 0 Å². The molecule has 0 atom stereocenters. The van der Waals surface area contributed by atoms with Crippen molar-refractivity contribution in [3.63, 3.8) is 0 Å². The van der Waals surface area contributed by atoms with Crippen LogP contribution in [0.2, 0.25) is 0 Å². The average molecular weight is 256 g/mol. The minimum Gasteiger partial charge on any atom is -0.375 e. The van der Waals surface area contributed by atoms with Gasteiger partial charge in [-0.3, -0.25) is 4.90 Å². The van der Waals surface area contributed by atoms with Gasteiger partial charge in [-0.25, -0.2) is 0 Å². The standard InChI is InChI=1S/C15H32N2O/c1-14(2,3)13-17-9-7-16(8-10-17)11-12-18-15(4,5)6/h7-13H2,1-6H3. The smallest absolute Gasteiger partial charge is 0.0600 e. The third-order valence-corrected chi connectivity index (χ3v) is 3.11. The molecular formula is C15H32N2O. The second kappa shape index (κ2) is 6.36. The van der Waals surface area contributed by atoms with Crippen molar-refractivity contribution in [2.24, 2.45) is 5.41 Å². The molecule has 3 nitrogen and oxygen atoms in total. The van der Waals surface area contributed by atoms with Crippen molar-refractivity contribution in [1.82, 2.24) is 9.80 Å². The van der Waals surface area contributed by atoms with Gasteiger partial charge in [-0.1, -0.05) is 20.8 Å². The van der Waals surface area contributed by atoms with Crippen molar-refractivity contribution in [2.75, 3.05) is 45.9 Å². The fourth-order valence-electron chi connectivity index (χ4n) is 2.32. The maximum atomic E-state index is 5.78. The van der Waals surface area contributed by atoms with E-state index in [-0.39, 0.29) is 5.60 Å². The fraction of sp³-hybridized carbons (Fsp3) is 1.00. The first kappa shape index (κ1) is 15.9. The molecule has 0 aliphatic carbocycles. The lowest BCUT2D eigenvalue weighted by molar-refractivity contribution is -0.0188. The van der Waals surface area contributed by atoms with Gasteiger partial charge in [0, 0.05) is 39.3 Å². The maximum absolute atomic E-state index is 5.78. The summed E-state index contributed by atoms with van der Waals surface area (Å²) in [6.45, 7) is 21.2. The van der Waals surface area contributed by atoms with Crippen molar-refractivity contribution in [3.8, 4) is 0 Å². The van der Waals surface area contributed by atoms with Crippen molar-refractivity contribution in [2.45, 2.75) is 47.1 Å². The van der Waals surface area contributed by atoms with E-state index in [1.807, 2.05) is 0 Å². The van der Waals surface area contributed by atoms with Gasteiger partial charge in [0.15, 0.2) is 0 Å². The number of rotatable bonds is 4. The van der Waals surface area contributed by atoms with E-state index in [1.165, 1.54) is 32.7 Å². The van der Waals surface area contributed by atoms with Crippen LogP contribution in [-0.2, 0) is 4.74 Å². The highest BCUT2D eigenvalue weighted by atomic mass is 16.5. The first-order chi connectivity index (χ1) is 8.16. The normalized spacial score (nSPS) is 20.3. The van der Waals surface area contributed by atoms with Crippen LogP contribution in [0.1, 0.15) is 41.5 Å². The zero-order valence-electron chi connectivity index (χ0n) is 13.3. The lowest BCUT2D eigenvalue weighted by Crippen LogP contribution is -2.49. The third-order valence-electron chi connectivity index (χ3n) is 3.11. The van der Waals surface area contributed by atoms with Crippen LogP contribution in [0.5, 0.6) is 0 Å². The summed E-state index contributed by atoms with van der Waals surface area (Å²) in [7, 11) is 0. The summed E-state index contributed by atoms with van der Waals surface area (Å²) in [6, 6.07) is 0. The highest BCUT2D eigenvalue weighted by Gasteiger charge is 2.21. The van der Waals surface area contributed by atoms with E-state index in [0.717, 1.165) is 13.2 Å². The summed E-state index contributed by atoms with van der Waals surface area (Å²) in [6.07, 6.45) is 0. The topological polar surface area (TPSA) is 15.7 Å². The van der Waals surface area contributed by atoms with Gasteiger partial charge in [-0.15, -0.1) is 0 Å². The molecule has 18 heavy (non-hydrogen) atoms. The summed E-state index contributed by atoms with van der Waals surface area (Å²) in [5, 5.41) is 0. The Labute approximate surface area is 113 Å². The van der Waals surface area contributed by atoms with Crippen LogP contribution in [-0.4, -0.2) is 61.3 Å². The van der Waals surface area contributed by atoms with E-state index < -0.39 is 0 Å². The van der Waals surface area contributed by atoms with Gasteiger partial charge >= 0.3 is 0 Å². The molecule has 0 radical (unpaired) electrons. The molecule has 1 fully saturated rings. The third kappa shape index (κ3) is 7.34. The minimum atomic E-state index is -0.00590. The van der Waals surface area contributed by atoms with Gasteiger partial charge in [-0.2, -0.15) is 0 Å². The van der Waals surface area contributed by atoms with Crippen LogP contribution in [0.4, 0.5) is 0 Å². The van der Waals surface area contributed by atoms with E-state index in [1.54, 1.807) is 0 Å². The first-order valence-electron chi connectivity index (χ1n) is 7.24. The molecule has 0 aromatic rings. The molecule has 0 bridgehead atoms. The summed E-state index contributed by atoms with van der Waals surface area (Å²) in [5.74, 6) is 0. The average Bonchev–Trinajstić information content (AvgIpc) is 2.16. The van der Waals surface area contributed by atoms with Crippen LogP contribution >= 0.6 is 0 Å². The number of hydrogen-bond acceptors (Lipinski definition) is 3. The van der Waals surface area contributed by atoms with Gasteiger partial charge in [0.2, 0.25) is 0 Å². The molecular weight excluding hydrogens is 224 g/mol. The monoisotopic (exact) mass is 256 g/mol. The molecule has 1 saturated heterocycles. The highest BCUT2D eigenvalue weighted by molar-refractivity contribution is 4.76. The van der Waals surface area contributed by atoms with E-state index >= 15 is 0 Å². The van der Waals surface area contributed by atoms with Gasteiger partial charge in [0.05, 0.1) is 12.2 Å². The molecule has 108 valence electrons. The summed E-state index contributed by atoms with van der Waals surface area (Å²) in [5.41, 5.74) is 0.408. The fourth-order valence-corrected chi connectivity index (χ4v) is 2.32. The minimum absolute atomic E-state index is 0.00590. The zero-order valence-corrected chi connectivity index (χ0v) is 13.3. The molecule has 1 heterocycles. The number of piperazine rings is 1. The predicted octanol–water partition coefficient (Wildman–Crippen LogP) is 2.47. The summed E-state index contributed by atoms with van der Waals surface area (Å²) < 4.78 is 5.78. The lowest BCUT2D eigenvalue weighted by Gasteiger charge is -2.38. The molecule has 0 aromatic carbocycles. The second-order valence-corrected chi connectivity index (χ2v) is 7.64. The van der Waals surface area contributed by atoms with Crippen molar-refractivity contribution >= 4 is 0 Å². The van der Waals surface area contributed by atoms with Crippen LogP contribution in [0.3, 0.4) is 0 Å². The number of hydrogen-bond donors (Lipinski definition) is 0. The number of ether oxygens (including phenoxy) is 1. The quantitative estimate of drug-likeness (QED) is 0.768. The maximum Gasteiger partial charge on any atom is 0.0600 e. The molecule has 0 N–H and O–H groups in total. The van der Waals surface area contributed by atoms with Crippen LogP contribution in [0, 0.1) is 5.41 Å². The molecule has 1 aliphatic rings. The molecule has 0 saturated carbocycles. The van der Waals surface area contributed by atoms with Gasteiger partial charge < -0.3 is 9.64 Å². The van der Waals surface area contributed by atoms with Gasteiger partial charge in [0.1, 0.15) is 0 Å². The van der Waals surface area contributed by atoms with Crippen molar-refractivity contribution in [1.29, 1.82) is 0 Å². The van der Waals surface area contributed by atoms with E-state index in [2.05, 4.69) is 51.3 Å². The molecule has 0 aromatic heterocycles. The summed E-state index contributed by atoms with van der Waals surface area (Å²) >= 11 is 0. The van der Waals surface area contributed by atoms with E-state index in [4.69, 9.17) is 4.74 Å². The predicted molar refractivity (Wildman–Crippen MR) is 78.0 cm³/mol. The Bertz CT molecular complexity index is 232. The first-order valence-corrected chi connectivity index (χ1v) is 7.24. The molecule has 1 rings (SSSR count). The number of nitrogens with zero attached hydrogens (tertiary/aromatic N) is 2. The van der Waals surface area contributed by atoms with Gasteiger partial charge in [-0.05, 0) is 26.2 Å².